The van der Waals surface area contributed by atoms with Gasteiger partial charge in [0.2, 0.25) is 0 Å². The Hall–Kier alpha value is -3.85. The second-order valence-corrected chi connectivity index (χ2v) is 13.0. The lowest BCUT2D eigenvalue weighted by molar-refractivity contribution is 0.0972. The number of hydrogen-bond acceptors (Lipinski definition) is 5. The molecule has 0 aliphatic rings. The van der Waals surface area contributed by atoms with E-state index >= 15 is 0 Å². The topological polar surface area (TPSA) is 90.3 Å². The van der Waals surface area contributed by atoms with Crippen molar-refractivity contribution in [1.29, 1.82) is 0 Å². The summed E-state index contributed by atoms with van der Waals surface area (Å²) >= 11 is 12.7. The summed E-state index contributed by atoms with van der Waals surface area (Å²) in [5.41, 5.74) is 5.29. The van der Waals surface area contributed by atoms with Crippen molar-refractivity contribution in [2.45, 2.75) is 45.1 Å². The molecule has 5 rings (SSSR count). The number of ether oxygens (including phenoxy) is 1. The van der Waals surface area contributed by atoms with Crippen molar-refractivity contribution < 1.29 is 17.9 Å². The number of benzene rings is 3. The van der Waals surface area contributed by atoms with E-state index in [1.54, 1.807) is 41.2 Å². The molecule has 0 atom stereocenters. The van der Waals surface area contributed by atoms with E-state index in [0.717, 1.165) is 27.6 Å². The molecule has 5 aromatic rings. The van der Waals surface area contributed by atoms with E-state index in [1.165, 1.54) is 12.1 Å². The summed E-state index contributed by atoms with van der Waals surface area (Å²) < 4.78 is 36.7. The number of aryl methyl sites for hydroxylation is 4. The molecule has 2 aromatic heterocycles. The Kier molecular flexibility index (Phi) is 9.11. The molecule has 43 heavy (non-hydrogen) atoms. The normalized spacial score (nSPS) is 11.6. The van der Waals surface area contributed by atoms with E-state index in [-0.39, 0.29) is 17.1 Å². The van der Waals surface area contributed by atoms with Crippen LogP contribution in [-0.4, -0.2) is 30.5 Å². The van der Waals surface area contributed by atoms with Crippen LogP contribution in [0.1, 0.15) is 44.7 Å². The van der Waals surface area contributed by atoms with Gasteiger partial charge in [-0.25, -0.2) is 13.1 Å². The van der Waals surface area contributed by atoms with Gasteiger partial charge in [0, 0.05) is 34.4 Å². The highest BCUT2D eigenvalue weighted by Gasteiger charge is 2.27. The number of sulfonamides is 1. The van der Waals surface area contributed by atoms with Crippen LogP contribution in [0.5, 0.6) is 5.75 Å². The summed E-state index contributed by atoms with van der Waals surface area (Å²) in [7, 11) is -4.14. The van der Waals surface area contributed by atoms with E-state index in [2.05, 4.69) is 9.71 Å². The second-order valence-electron chi connectivity index (χ2n) is 10.5. The van der Waals surface area contributed by atoms with Crippen molar-refractivity contribution in [3.8, 4) is 5.75 Å². The lowest BCUT2D eigenvalue weighted by atomic mass is 10.1. The molecule has 0 saturated carbocycles. The minimum atomic E-state index is -4.14. The first kappa shape index (κ1) is 30.6. The highest BCUT2D eigenvalue weighted by molar-refractivity contribution is 7.90. The Morgan fingerprint density at radius 2 is 1.70 bits per heavy atom. The molecule has 0 aliphatic heterocycles. The first-order chi connectivity index (χ1) is 20.5. The van der Waals surface area contributed by atoms with Gasteiger partial charge in [0.25, 0.3) is 15.9 Å². The van der Waals surface area contributed by atoms with Crippen molar-refractivity contribution in [1.82, 2.24) is 14.3 Å². The van der Waals surface area contributed by atoms with Crippen LogP contribution in [0.4, 0.5) is 0 Å². The first-order valence-corrected chi connectivity index (χ1v) is 16.0. The van der Waals surface area contributed by atoms with Crippen LogP contribution in [0.2, 0.25) is 10.0 Å². The maximum absolute atomic E-state index is 13.9. The zero-order chi connectivity index (χ0) is 30.7. The maximum atomic E-state index is 13.9. The van der Waals surface area contributed by atoms with Crippen LogP contribution in [-0.2, 0) is 23.0 Å². The van der Waals surface area contributed by atoms with Crippen LogP contribution in [0, 0.1) is 20.8 Å². The summed E-state index contributed by atoms with van der Waals surface area (Å²) in [6, 6.07) is 19.3. The van der Waals surface area contributed by atoms with Gasteiger partial charge < -0.3 is 9.30 Å². The Morgan fingerprint density at radius 3 is 2.37 bits per heavy atom. The Balaban J connectivity index is 1.52. The fourth-order valence-electron chi connectivity index (χ4n) is 5.12. The summed E-state index contributed by atoms with van der Waals surface area (Å²) in [5.74, 6) is -0.0102. The molecular weight excluding hydrogens is 605 g/mol. The first-order valence-electron chi connectivity index (χ1n) is 13.8. The molecule has 0 aliphatic carbocycles. The number of nitrogens with one attached hydrogen (secondary N) is 1. The molecule has 10 heteroatoms. The van der Waals surface area contributed by atoms with Crippen molar-refractivity contribution in [3.05, 3.63) is 123 Å². The average molecular weight is 637 g/mol. The van der Waals surface area contributed by atoms with E-state index in [9.17, 15) is 13.2 Å². The van der Waals surface area contributed by atoms with Crippen LogP contribution in [0.3, 0.4) is 0 Å². The molecule has 1 N–H and O–H groups in total. The Bertz CT molecular complexity index is 1880. The Labute approximate surface area is 261 Å². The molecule has 7 nitrogen and oxygen atoms in total. The van der Waals surface area contributed by atoms with Gasteiger partial charge in [0.05, 0.1) is 17.0 Å². The van der Waals surface area contributed by atoms with Gasteiger partial charge in [0.1, 0.15) is 11.4 Å². The van der Waals surface area contributed by atoms with Crippen molar-refractivity contribution in [3.63, 3.8) is 0 Å². The summed E-state index contributed by atoms with van der Waals surface area (Å²) in [6.07, 6.45) is 4.41. The molecule has 0 fully saturated rings. The number of carbonyl (C=O) groups excluding carboxylic acids is 1. The van der Waals surface area contributed by atoms with E-state index in [4.69, 9.17) is 27.9 Å². The van der Waals surface area contributed by atoms with Gasteiger partial charge in [-0.15, -0.1) is 0 Å². The fraction of sp³-hybridized carbons (Fsp3) is 0.212. The third-order valence-electron chi connectivity index (χ3n) is 7.22. The molecule has 3 aromatic carbocycles. The molecule has 222 valence electrons. The number of pyridine rings is 1. The van der Waals surface area contributed by atoms with Crippen LogP contribution < -0.4 is 9.46 Å². The summed E-state index contributed by atoms with van der Waals surface area (Å²) in [4.78, 5) is 18.2. The monoisotopic (exact) mass is 635 g/mol. The molecule has 0 saturated heterocycles. The number of halogens is 2. The molecule has 2 heterocycles. The minimum absolute atomic E-state index is 0.00733. The zero-order valence-electron chi connectivity index (χ0n) is 24.0. The van der Waals surface area contributed by atoms with E-state index < -0.39 is 15.9 Å². The SMILES string of the molecule is Cc1ccc(S(=O)(=O)NC(=O)c2c(CCCOc3cc(C)c(Cl)c(C)c3)c3ccc(Cl)cc3n2Cc2cccnc2)cc1. The molecule has 0 bridgehead atoms. The number of aromatic nitrogens is 2. The number of rotatable bonds is 10. The second kappa shape index (κ2) is 12.8. The zero-order valence-corrected chi connectivity index (χ0v) is 26.4. The average Bonchev–Trinajstić information content (AvgIpc) is 3.26. The third kappa shape index (κ3) is 6.88. The fourth-order valence-corrected chi connectivity index (χ4v) is 6.35. The lowest BCUT2D eigenvalue weighted by Gasteiger charge is -2.14. The van der Waals surface area contributed by atoms with Gasteiger partial charge in [-0.1, -0.05) is 53.0 Å². The molecule has 0 spiro atoms. The number of nitrogens with zero attached hydrogens (tertiary/aromatic N) is 2. The summed E-state index contributed by atoms with van der Waals surface area (Å²) in [6.45, 7) is 6.40. The molecule has 1 amide bonds. The number of fused-ring (bicyclic) bond motifs is 1. The van der Waals surface area contributed by atoms with Crippen LogP contribution in [0.25, 0.3) is 10.9 Å². The Morgan fingerprint density at radius 1 is 0.977 bits per heavy atom. The highest BCUT2D eigenvalue weighted by Crippen LogP contribution is 2.32. The van der Waals surface area contributed by atoms with E-state index in [1.807, 2.05) is 51.1 Å². The van der Waals surface area contributed by atoms with Gasteiger partial charge >= 0.3 is 0 Å². The molecule has 0 unspecified atom stereocenters. The minimum Gasteiger partial charge on any atom is -0.494 e. The van der Waals surface area contributed by atoms with Crippen molar-refractivity contribution in [2.24, 2.45) is 0 Å². The van der Waals surface area contributed by atoms with Gasteiger partial charge in [-0.05, 0) is 98.3 Å². The van der Waals surface area contributed by atoms with Gasteiger partial charge in [-0.3, -0.25) is 9.78 Å². The van der Waals surface area contributed by atoms with Crippen molar-refractivity contribution in [2.75, 3.05) is 6.61 Å². The lowest BCUT2D eigenvalue weighted by Crippen LogP contribution is -2.33. The quantitative estimate of drug-likeness (QED) is 0.161. The largest absolute Gasteiger partial charge is 0.494 e. The number of hydrogen-bond donors (Lipinski definition) is 1. The predicted octanol–water partition coefficient (Wildman–Crippen LogP) is 7.45. The predicted molar refractivity (Wildman–Crippen MR) is 171 cm³/mol. The van der Waals surface area contributed by atoms with Crippen molar-refractivity contribution >= 4 is 50.0 Å². The van der Waals surface area contributed by atoms with Gasteiger partial charge in [0.15, 0.2) is 0 Å². The van der Waals surface area contributed by atoms with Crippen LogP contribution >= 0.6 is 23.2 Å². The standard InChI is InChI=1S/C33H31Cl2N3O4S/c1-21-8-11-27(12-9-21)43(40,41)37-33(39)32-29(7-5-15-42-26-16-22(2)31(35)23(3)17-26)28-13-10-25(34)18-30(28)38(32)20-24-6-4-14-36-19-24/h4,6,8-14,16-19H,5,7,15,20H2,1-3H3,(H,37,39). The van der Waals surface area contributed by atoms with Crippen LogP contribution in [0.15, 0.2) is 84.0 Å². The third-order valence-corrected chi connectivity index (χ3v) is 9.40. The highest BCUT2D eigenvalue weighted by atomic mass is 35.5. The smallest absolute Gasteiger partial charge is 0.281 e. The van der Waals surface area contributed by atoms with Gasteiger partial charge in [-0.2, -0.15) is 0 Å². The number of amides is 1. The number of carbonyl (C=O) groups is 1. The molecular formula is C33H31Cl2N3O4S. The summed E-state index contributed by atoms with van der Waals surface area (Å²) in [5, 5.41) is 2.02. The molecule has 0 radical (unpaired) electrons. The van der Waals surface area contributed by atoms with E-state index in [0.29, 0.717) is 46.3 Å². The maximum Gasteiger partial charge on any atom is 0.281 e.